The van der Waals surface area contributed by atoms with Gasteiger partial charge in [0.25, 0.3) is 0 Å². The van der Waals surface area contributed by atoms with Gasteiger partial charge in [-0.2, -0.15) is 5.10 Å². The number of hydrogen-bond acceptors (Lipinski definition) is 4. The van der Waals surface area contributed by atoms with Gasteiger partial charge in [0, 0.05) is 23.6 Å². The minimum Gasteiger partial charge on any atom is -0.493 e. The summed E-state index contributed by atoms with van der Waals surface area (Å²) in [5, 5.41) is 10.6. The molecule has 0 bridgehead atoms. The Kier molecular flexibility index (Phi) is 5.20. The van der Waals surface area contributed by atoms with Crippen LogP contribution in [0.1, 0.15) is 24.7 Å². The molecule has 0 spiro atoms. The number of carbonyl (C=O) groups is 1. The predicted molar refractivity (Wildman–Crippen MR) is 90.1 cm³/mol. The molecule has 0 aliphatic carbocycles. The maximum Gasteiger partial charge on any atom is 0.315 e. The van der Waals surface area contributed by atoms with E-state index in [1.807, 2.05) is 17.7 Å². The highest BCUT2D eigenvalue weighted by molar-refractivity contribution is 6.30. The van der Waals surface area contributed by atoms with Crippen molar-refractivity contribution >= 4 is 17.6 Å². The lowest BCUT2D eigenvalue weighted by Gasteiger charge is -2.23. The topological polar surface area (TPSA) is 81.1 Å². The second-order valence-electron chi connectivity index (χ2n) is 5.61. The Morgan fingerprint density at radius 1 is 1.50 bits per heavy atom. The van der Waals surface area contributed by atoms with E-state index in [9.17, 15) is 4.79 Å². The second-order valence-corrected chi connectivity index (χ2v) is 6.04. The number of rotatable bonds is 5. The molecule has 7 nitrogen and oxygen atoms in total. The zero-order chi connectivity index (χ0) is 16.9. The van der Waals surface area contributed by atoms with Gasteiger partial charge in [-0.1, -0.05) is 17.7 Å². The zero-order valence-electron chi connectivity index (χ0n) is 13.5. The van der Waals surface area contributed by atoms with Gasteiger partial charge in [0.2, 0.25) is 0 Å². The molecule has 8 heteroatoms. The molecule has 1 aliphatic rings. The maximum atomic E-state index is 12.1. The van der Waals surface area contributed by atoms with Crippen LogP contribution in [-0.4, -0.2) is 33.4 Å². The zero-order valence-corrected chi connectivity index (χ0v) is 14.2. The summed E-state index contributed by atoms with van der Waals surface area (Å²) < 4.78 is 7.39. The lowest BCUT2D eigenvalue weighted by atomic mass is 10.1. The molecule has 128 valence electrons. The highest BCUT2D eigenvalue weighted by atomic mass is 35.5. The van der Waals surface area contributed by atoms with E-state index < -0.39 is 0 Å². The number of fused-ring (bicyclic) bond motifs is 1. The molecule has 2 heterocycles. The summed E-state index contributed by atoms with van der Waals surface area (Å²) in [6.45, 7) is 3.47. The monoisotopic (exact) mass is 349 g/mol. The van der Waals surface area contributed by atoms with Crippen LogP contribution in [0.15, 0.2) is 24.5 Å². The normalized spacial score (nSPS) is 16.3. The average molecular weight is 350 g/mol. The summed E-state index contributed by atoms with van der Waals surface area (Å²) in [7, 11) is 0. The van der Waals surface area contributed by atoms with Crippen LogP contribution in [-0.2, 0) is 19.5 Å². The molecule has 0 saturated carbocycles. The molecule has 24 heavy (non-hydrogen) atoms. The number of benzene rings is 1. The van der Waals surface area contributed by atoms with Crippen LogP contribution < -0.4 is 15.4 Å². The molecule has 1 atom stereocenters. The summed E-state index contributed by atoms with van der Waals surface area (Å²) in [4.78, 5) is 16.3. The van der Waals surface area contributed by atoms with E-state index in [4.69, 9.17) is 16.3 Å². The molecule has 1 unspecified atom stereocenters. The second kappa shape index (κ2) is 7.53. The molecule has 2 amide bonds. The van der Waals surface area contributed by atoms with Gasteiger partial charge in [-0.3, -0.25) is 0 Å². The van der Waals surface area contributed by atoms with Crippen LogP contribution in [0.2, 0.25) is 5.02 Å². The van der Waals surface area contributed by atoms with Crippen molar-refractivity contribution in [1.82, 2.24) is 25.4 Å². The highest BCUT2D eigenvalue weighted by Crippen LogP contribution is 2.23. The van der Waals surface area contributed by atoms with Crippen LogP contribution in [0, 0.1) is 0 Å². The van der Waals surface area contributed by atoms with Crippen molar-refractivity contribution in [2.24, 2.45) is 0 Å². The van der Waals surface area contributed by atoms with Gasteiger partial charge in [-0.05, 0) is 25.5 Å². The first kappa shape index (κ1) is 16.6. The quantitative estimate of drug-likeness (QED) is 0.866. The largest absolute Gasteiger partial charge is 0.493 e. The van der Waals surface area contributed by atoms with Gasteiger partial charge in [0.05, 0.1) is 19.2 Å². The summed E-state index contributed by atoms with van der Waals surface area (Å²) in [6.07, 6.45) is 3.22. The van der Waals surface area contributed by atoms with E-state index in [1.165, 1.54) is 0 Å². The van der Waals surface area contributed by atoms with Crippen molar-refractivity contribution in [3.63, 3.8) is 0 Å². The van der Waals surface area contributed by atoms with Crippen LogP contribution >= 0.6 is 11.6 Å². The standard InChI is InChI=1S/C16H20ClN5O2/c1-2-24-14-7-12(17)4-3-11(14)8-18-16(23)21-13-5-6-15-19-10-20-22(15)9-13/h3-4,7,10,13H,2,5-6,8-9H2,1H3,(H2,18,21,23). The molecule has 1 aromatic heterocycles. The molecule has 3 rings (SSSR count). The number of hydrogen-bond donors (Lipinski definition) is 2. The Morgan fingerprint density at radius 3 is 3.21 bits per heavy atom. The van der Waals surface area contributed by atoms with Gasteiger partial charge in [-0.15, -0.1) is 0 Å². The van der Waals surface area contributed by atoms with Crippen molar-refractivity contribution < 1.29 is 9.53 Å². The Hall–Kier alpha value is -2.28. The van der Waals surface area contributed by atoms with Crippen molar-refractivity contribution in [2.75, 3.05) is 6.61 Å². The fourth-order valence-electron chi connectivity index (χ4n) is 2.73. The summed E-state index contributed by atoms with van der Waals surface area (Å²) in [6, 6.07) is 5.24. The third kappa shape index (κ3) is 3.97. The van der Waals surface area contributed by atoms with Gasteiger partial charge < -0.3 is 15.4 Å². The lowest BCUT2D eigenvalue weighted by Crippen LogP contribution is -2.45. The Balaban J connectivity index is 1.53. The molecule has 0 radical (unpaired) electrons. The molecular weight excluding hydrogens is 330 g/mol. The fourth-order valence-corrected chi connectivity index (χ4v) is 2.89. The summed E-state index contributed by atoms with van der Waals surface area (Å²) in [5.41, 5.74) is 0.888. The van der Waals surface area contributed by atoms with Crippen LogP contribution in [0.3, 0.4) is 0 Å². The third-order valence-electron chi connectivity index (χ3n) is 3.91. The Bertz CT molecular complexity index is 718. The van der Waals surface area contributed by atoms with Gasteiger partial charge in [0.15, 0.2) is 0 Å². The number of ether oxygens (including phenoxy) is 1. The van der Waals surface area contributed by atoms with Gasteiger partial charge >= 0.3 is 6.03 Å². The molecule has 1 aliphatic heterocycles. The highest BCUT2D eigenvalue weighted by Gasteiger charge is 2.21. The molecule has 0 saturated heterocycles. The SMILES string of the molecule is CCOc1cc(Cl)ccc1CNC(=O)NC1CCc2ncnn2C1. The molecule has 2 aromatic rings. The van der Waals surface area contributed by atoms with Crippen molar-refractivity contribution in [3.8, 4) is 5.75 Å². The van der Waals surface area contributed by atoms with Crippen LogP contribution in [0.4, 0.5) is 4.79 Å². The maximum absolute atomic E-state index is 12.1. The third-order valence-corrected chi connectivity index (χ3v) is 4.14. The Morgan fingerprint density at radius 2 is 2.38 bits per heavy atom. The Labute approximate surface area is 145 Å². The summed E-state index contributed by atoms with van der Waals surface area (Å²) >= 11 is 5.98. The first-order chi connectivity index (χ1) is 11.7. The first-order valence-electron chi connectivity index (χ1n) is 7.98. The number of aryl methyl sites for hydroxylation is 1. The number of urea groups is 1. The van der Waals surface area contributed by atoms with Crippen molar-refractivity contribution in [3.05, 3.63) is 40.9 Å². The minimum atomic E-state index is -0.207. The van der Waals surface area contributed by atoms with Crippen LogP contribution in [0.25, 0.3) is 0 Å². The van der Waals surface area contributed by atoms with E-state index in [0.29, 0.717) is 30.5 Å². The van der Waals surface area contributed by atoms with E-state index in [0.717, 1.165) is 24.2 Å². The molecule has 2 N–H and O–H groups in total. The number of carbonyl (C=O) groups excluding carboxylic acids is 1. The van der Waals surface area contributed by atoms with Gasteiger partial charge in [-0.25, -0.2) is 14.5 Å². The van der Waals surface area contributed by atoms with Crippen molar-refractivity contribution in [2.45, 2.75) is 38.9 Å². The lowest BCUT2D eigenvalue weighted by molar-refractivity contribution is 0.231. The van der Waals surface area contributed by atoms with Gasteiger partial charge in [0.1, 0.15) is 17.9 Å². The first-order valence-corrected chi connectivity index (χ1v) is 8.35. The smallest absolute Gasteiger partial charge is 0.315 e. The van der Waals surface area contributed by atoms with E-state index in [-0.39, 0.29) is 12.1 Å². The summed E-state index contributed by atoms with van der Waals surface area (Å²) in [5.74, 6) is 1.66. The number of nitrogens with one attached hydrogen (secondary N) is 2. The molecular formula is C16H20ClN5O2. The number of halogens is 1. The predicted octanol–water partition coefficient (Wildman–Crippen LogP) is 2.14. The number of aromatic nitrogens is 3. The molecule has 1 aromatic carbocycles. The van der Waals surface area contributed by atoms with E-state index in [1.54, 1.807) is 18.5 Å². The molecule has 0 fully saturated rings. The van der Waals surface area contributed by atoms with E-state index >= 15 is 0 Å². The average Bonchev–Trinajstić information content (AvgIpc) is 3.02. The fraction of sp³-hybridized carbons (Fsp3) is 0.438. The number of amides is 2. The minimum absolute atomic E-state index is 0.0516. The number of nitrogens with zero attached hydrogens (tertiary/aromatic N) is 3. The van der Waals surface area contributed by atoms with Crippen LogP contribution in [0.5, 0.6) is 5.75 Å². The van der Waals surface area contributed by atoms with Crippen molar-refractivity contribution in [1.29, 1.82) is 0 Å². The van der Waals surface area contributed by atoms with E-state index in [2.05, 4.69) is 20.7 Å².